The summed E-state index contributed by atoms with van der Waals surface area (Å²) in [4.78, 5) is 4.29. The van der Waals surface area contributed by atoms with Gasteiger partial charge in [0.2, 0.25) is 0 Å². The molecule has 0 bridgehead atoms. The van der Waals surface area contributed by atoms with E-state index in [0.717, 1.165) is 70.8 Å². The Morgan fingerprint density at radius 2 is 1.00 bits per heavy atom. The van der Waals surface area contributed by atoms with Crippen LogP contribution >= 0.6 is 48.9 Å². The molecule has 4 heteroatoms. The van der Waals surface area contributed by atoms with Crippen molar-refractivity contribution in [3.8, 4) is 0 Å². The first-order valence-electron chi connectivity index (χ1n) is 6.35. The van der Waals surface area contributed by atoms with Crippen LogP contribution in [0.2, 0.25) is 0 Å². The Hall–Kier alpha value is 0.360. The molecule has 0 aliphatic carbocycles. The first-order chi connectivity index (χ1) is 8.49. The molecule has 101 valence electrons. The summed E-state index contributed by atoms with van der Waals surface area (Å²) in [5.41, 5.74) is 0. The van der Waals surface area contributed by atoms with E-state index < -0.39 is 0 Å². The zero-order chi connectivity index (χ0) is 14.0. The van der Waals surface area contributed by atoms with Gasteiger partial charge in [-0.2, -0.15) is 0 Å². The molecule has 1 radical (unpaired) electrons. The van der Waals surface area contributed by atoms with Crippen molar-refractivity contribution in [3.05, 3.63) is 6.92 Å². The van der Waals surface area contributed by atoms with Crippen LogP contribution in [0.1, 0.15) is 58.3 Å². The fourth-order valence-electron chi connectivity index (χ4n) is 1.39. The highest BCUT2D eigenvalue weighted by Gasteiger charge is 2.04. The maximum absolute atomic E-state index is 5.34. The van der Waals surface area contributed by atoms with Crippen LogP contribution in [0, 0.1) is 6.92 Å². The molecule has 0 amide bonds. The molecule has 0 heterocycles. The molecule has 0 unspecified atom stereocenters. The lowest BCUT2D eigenvalue weighted by molar-refractivity contribution is 1.03. The summed E-state index contributed by atoms with van der Waals surface area (Å²) in [7, 11) is 0. The van der Waals surface area contributed by atoms with Crippen LogP contribution in [-0.2, 0) is 0 Å². The molecule has 0 aliphatic heterocycles. The zero-order valence-electron chi connectivity index (χ0n) is 11.0. The molecule has 0 aromatic rings. The van der Waals surface area contributed by atoms with E-state index in [-0.39, 0.29) is 0 Å². The lowest BCUT2D eigenvalue weighted by atomic mass is 10.0. The zero-order valence-corrected chi connectivity index (χ0v) is 14.3. The Balaban J connectivity index is 3.68. The second-order valence-electron chi connectivity index (χ2n) is 4.26. The summed E-state index contributed by atoms with van der Waals surface area (Å²) in [5.74, 6) is 0. The Bertz CT molecular complexity index is 286. The van der Waals surface area contributed by atoms with E-state index in [1.165, 1.54) is 0 Å². The Labute approximate surface area is 133 Å². The molecule has 0 rings (SSSR count). The molecule has 18 heavy (non-hydrogen) atoms. The molecule has 0 aromatic carbocycles. The first-order valence-corrected chi connectivity index (χ1v) is 7.99. The van der Waals surface area contributed by atoms with Gasteiger partial charge in [0.25, 0.3) is 0 Å². The van der Waals surface area contributed by atoms with Gasteiger partial charge in [0.05, 0.1) is 0 Å². The number of hydrogen-bond acceptors (Lipinski definition) is 4. The summed E-state index contributed by atoms with van der Waals surface area (Å²) in [5, 5.41) is 0. The lowest BCUT2D eigenvalue weighted by Crippen LogP contribution is -2.04. The topological polar surface area (TPSA) is 0 Å². The summed E-state index contributed by atoms with van der Waals surface area (Å²) >= 11 is 21.0. The molecule has 0 saturated carbocycles. The number of rotatable bonds is 11. The van der Waals surface area contributed by atoms with Gasteiger partial charge in [-0.15, -0.1) is 0 Å². The van der Waals surface area contributed by atoms with Crippen LogP contribution in [0.25, 0.3) is 0 Å². The summed E-state index contributed by atoms with van der Waals surface area (Å²) in [6, 6.07) is 0. The third kappa shape index (κ3) is 10.3. The highest BCUT2D eigenvalue weighted by Crippen LogP contribution is 2.09. The predicted molar refractivity (Wildman–Crippen MR) is 98.4 cm³/mol. The maximum Gasteiger partial charge on any atom is -0.00645 e. The predicted octanol–water partition coefficient (Wildman–Crippen LogP) is 5.44. The largest absolute Gasteiger partial charge is 0.0897 e. The molecule has 0 saturated heterocycles. The van der Waals surface area contributed by atoms with E-state index in [1.54, 1.807) is 0 Å². The average Bonchev–Trinajstić information content (AvgIpc) is 2.39. The molecule has 0 fully saturated rings. The lowest BCUT2D eigenvalue weighted by Gasteiger charge is -2.06. The van der Waals surface area contributed by atoms with Crippen LogP contribution in [-0.4, -0.2) is 19.5 Å². The third-order valence-corrected chi connectivity index (χ3v) is 4.44. The van der Waals surface area contributed by atoms with E-state index in [2.05, 4.69) is 13.8 Å². The second kappa shape index (κ2) is 11.2. The van der Waals surface area contributed by atoms with Crippen molar-refractivity contribution in [2.75, 3.05) is 0 Å². The van der Waals surface area contributed by atoms with Crippen LogP contribution in [0.15, 0.2) is 0 Å². The van der Waals surface area contributed by atoms with Gasteiger partial charge in [0, 0.05) is 0 Å². The van der Waals surface area contributed by atoms with Crippen LogP contribution in [0.3, 0.4) is 0 Å². The van der Waals surface area contributed by atoms with E-state index in [4.69, 9.17) is 48.9 Å². The fourth-order valence-corrected chi connectivity index (χ4v) is 2.00. The average molecular weight is 318 g/mol. The Kier molecular flexibility index (Phi) is 11.4. The normalized spacial score (nSPS) is 10.1. The molecular weight excluding hydrogens is 296 g/mol. The standard InChI is InChI=1S/C14H21S4/c1-3-11(15)5-7-13(17)9-10-14(18)8-6-12(16)4-2/h1,3-10H2,2H3. The van der Waals surface area contributed by atoms with Crippen molar-refractivity contribution in [2.24, 2.45) is 0 Å². The number of hydrogen-bond donors (Lipinski definition) is 0. The van der Waals surface area contributed by atoms with Crippen LogP contribution in [0.4, 0.5) is 0 Å². The highest BCUT2D eigenvalue weighted by molar-refractivity contribution is 7.81. The minimum absolute atomic E-state index is 0.727. The maximum atomic E-state index is 5.34. The highest BCUT2D eigenvalue weighted by atomic mass is 32.1. The summed E-state index contributed by atoms with van der Waals surface area (Å²) in [6.07, 6.45) is 7.20. The van der Waals surface area contributed by atoms with Crippen LogP contribution in [0.5, 0.6) is 0 Å². The van der Waals surface area contributed by atoms with Gasteiger partial charge in [-0.25, -0.2) is 0 Å². The fraction of sp³-hybridized carbons (Fsp3) is 0.643. The minimum Gasteiger partial charge on any atom is -0.0897 e. The van der Waals surface area contributed by atoms with Crippen molar-refractivity contribution in [3.63, 3.8) is 0 Å². The monoisotopic (exact) mass is 317 g/mol. The van der Waals surface area contributed by atoms with Gasteiger partial charge in [0.1, 0.15) is 0 Å². The van der Waals surface area contributed by atoms with Crippen molar-refractivity contribution in [1.82, 2.24) is 0 Å². The van der Waals surface area contributed by atoms with E-state index in [1.807, 2.05) is 0 Å². The van der Waals surface area contributed by atoms with Crippen LogP contribution < -0.4 is 0 Å². The van der Waals surface area contributed by atoms with Gasteiger partial charge in [-0.3, -0.25) is 0 Å². The molecule has 0 nitrogen and oxygen atoms in total. The molecule has 0 atom stereocenters. The third-order valence-electron chi connectivity index (χ3n) is 2.72. The molecule has 0 spiro atoms. The van der Waals surface area contributed by atoms with Crippen molar-refractivity contribution in [2.45, 2.75) is 58.3 Å². The molecular formula is C14H21S4. The SMILES string of the molecule is [CH2]CC(=S)CCC(=S)CCC(=S)CCC(=S)CC. The van der Waals surface area contributed by atoms with Gasteiger partial charge in [-0.1, -0.05) is 55.8 Å². The summed E-state index contributed by atoms with van der Waals surface area (Å²) < 4.78 is 0. The van der Waals surface area contributed by atoms with Gasteiger partial charge in [0.15, 0.2) is 0 Å². The van der Waals surface area contributed by atoms with E-state index >= 15 is 0 Å². The quantitative estimate of drug-likeness (QED) is 0.465. The van der Waals surface area contributed by atoms with Gasteiger partial charge < -0.3 is 0 Å². The van der Waals surface area contributed by atoms with Gasteiger partial charge in [-0.05, 0) is 77.7 Å². The van der Waals surface area contributed by atoms with Gasteiger partial charge >= 0.3 is 0 Å². The first kappa shape index (κ1) is 18.4. The summed E-state index contributed by atoms with van der Waals surface area (Å²) in [6.45, 7) is 5.86. The molecule has 0 N–H and O–H groups in total. The van der Waals surface area contributed by atoms with Crippen molar-refractivity contribution in [1.29, 1.82) is 0 Å². The van der Waals surface area contributed by atoms with Crippen molar-refractivity contribution < 1.29 is 0 Å². The minimum atomic E-state index is 0.727. The Morgan fingerprint density at radius 3 is 1.33 bits per heavy atom. The number of thiocarbonyl (C=S) groups is 4. The van der Waals surface area contributed by atoms with Crippen molar-refractivity contribution >= 4 is 68.3 Å². The van der Waals surface area contributed by atoms with E-state index in [0.29, 0.717) is 0 Å². The Morgan fingerprint density at radius 1 is 0.667 bits per heavy atom. The molecule has 0 aromatic heterocycles. The second-order valence-corrected chi connectivity index (χ2v) is 6.57. The van der Waals surface area contributed by atoms with E-state index in [9.17, 15) is 0 Å². The molecule has 0 aliphatic rings. The smallest absolute Gasteiger partial charge is 0.00645 e.